The lowest BCUT2D eigenvalue weighted by Crippen LogP contribution is -2.29. The highest BCUT2D eigenvalue weighted by Gasteiger charge is 2.14. The molecule has 0 saturated heterocycles. The number of pyridine rings is 1. The molecule has 0 saturated carbocycles. The molecule has 0 unspecified atom stereocenters. The molecule has 0 aliphatic rings. The molecule has 3 aromatic rings. The van der Waals surface area contributed by atoms with E-state index in [-0.39, 0.29) is 11.3 Å². The van der Waals surface area contributed by atoms with Crippen molar-refractivity contribution in [1.82, 2.24) is 20.3 Å². The molecule has 7 heteroatoms. The van der Waals surface area contributed by atoms with Crippen molar-refractivity contribution < 1.29 is 4.79 Å². The monoisotopic (exact) mass is 404 g/mol. The van der Waals surface area contributed by atoms with Crippen molar-refractivity contribution in [3.8, 4) is 0 Å². The summed E-state index contributed by atoms with van der Waals surface area (Å²) in [5, 5.41) is 9.27. The summed E-state index contributed by atoms with van der Waals surface area (Å²) in [6, 6.07) is 13.4. The number of hydrogen-bond donors (Lipinski definition) is 3. The first-order valence-electron chi connectivity index (χ1n) is 9.95. The smallest absolute Gasteiger partial charge is 0.251 e. The van der Waals surface area contributed by atoms with Crippen molar-refractivity contribution in [1.29, 1.82) is 0 Å². The van der Waals surface area contributed by atoms with Gasteiger partial charge in [-0.2, -0.15) is 0 Å². The summed E-state index contributed by atoms with van der Waals surface area (Å²) in [4.78, 5) is 25.0. The Morgan fingerprint density at radius 1 is 0.900 bits per heavy atom. The number of amides is 1. The molecule has 0 fully saturated rings. The van der Waals surface area contributed by atoms with Gasteiger partial charge < -0.3 is 16.0 Å². The number of aromatic nitrogens is 3. The van der Waals surface area contributed by atoms with Gasteiger partial charge in [-0.1, -0.05) is 32.9 Å². The third kappa shape index (κ3) is 6.01. The summed E-state index contributed by atoms with van der Waals surface area (Å²) in [7, 11) is 0. The number of carbonyl (C=O) groups excluding carboxylic acids is 1. The van der Waals surface area contributed by atoms with Crippen molar-refractivity contribution >= 4 is 23.4 Å². The molecule has 0 bridgehead atoms. The number of carbonyl (C=O) groups is 1. The zero-order chi connectivity index (χ0) is 21.6. The summed E-state index contributed by atoms with van der Waals surface area (Å²) in [5.74, 6) is 1.95. The molecule has 30 heavy (non-hydrogen) atoms. The van der Waals surface area contributed by atoms with Crippen molar-refractivity contribution in [2.75, 3.05) is 23.7 Å². The molecule has 0 aliphatic carbocycles. The van der Waals surface area contributed by atoms with E-state index < -0.39 is 0 Å². The molecule has 1 amide bonds. The van der Waals surface area contributed by atoms with Gasteiger partial charge in [-0.05, 0) is 47.7 Å². The molecule has 0 aliphatic heterocycles. The fraction of sp³-hybridized carbons (Fsp3) is 0.304. The van der Waals surface area contributed by atoms with E-state index in [1.165, 1.54) is 11.9 Å². The Hall–Kier alpha value is -3.48. The van der Waals surface area contributed by atoms with Crippen molar-refractivity contribution in [3.05, 3.63) is 71.7 Å². The van der Waals surface area contributed by atoms with Crippen LogP contribution in [0.5, 0.6) is 0 Å². The molecule has 0 spiro atoms. The Bertz CT molecular complexity index is 995. The van der Waals surface area contributed by atoms with Crippen LogP contribution in [0.25, 0.3) is 0 Å². The fourth-order valence-electron chi connectivity index (χ4n) is 2.85. The minimum Gasteiger partial charge on any atom is -0.368 e. The zero-order valence-electron chi connectivity index (χ0n) is 17.9. The highest BCUT2D eigenvalue weighted by Crippen LogP contribution is 2.22. The second kappa shape index (κ2) is 9.35. The van der Waals surface area contributed by atoms with Gasteiger partial charge in [-0.25, -0.2) is 15.0 Å². The molecular formula is C23H28N6O. The molecule has 2 heterocycles. The van der Waals surface area contributed by atoms with Gasteiger partial charge in [0.15, 0.2) is 0 Å². The Labute approximate surface area is 177 Å². The predicted octanol–water partition coefficient (Wildman–Crippen LogP) is 4.06. The molecule has 2 aromatic heterocycles. The Balaban J connectivity index is 1.48. The van der Waals surface area contributed by atoms with E-state index in [0.29, 0.717) is 30.3 Å². The average molecular weight is 405 g/mol. The SMILES string of the molecule is Cc1ccnc(Nc2cc(NCCNC(=O)c3ccc(C(C)(C)C)cc3)ncn2)c1. The van der Waals surface area contributed by atoms with Crippen LogP contribution in [-0.4, -0.2) is 33.9 Å². The van der Waals surface area contributed by atoms with Crippen LogP contribution in [-0.2, 0) is 5.41 Å². The maximum atomic E-state index is 12.3. The summed E-state index contributed by atoms with van der Waals surface area (Å²) < 4.78 is 0. The summed E-state index contributed by atoms with van der Waals surface area (Å²) in [6.45, 7) is 9.49. The molecule has 1 aromatic carbocycles. The second-order valence-electron chi connectivity index (χ2n) is 8.14. The quantitative estimate of drug-likeness (QED) is 0.514. The Kier molecular flexibility index (Phi) is 6.61. The lowest BCUT2D eigenvalue weighted by molar-refractivity contribution is 0.0955. The normalized spacial score (nSPS) is 11.1. The molecule has 0 radical (unpaired) electrons. The lowest BCUT2D eigenvalue weighted by Gasteiger charge is -2.19. The average Bonchev–Trinajstić information content (AvgIpc) is 2.71. The van der Waals surface area contributed by atoms with Gasteiger partial charge in [0.1, 0.15) is 23.8 Å². The molecule has 3 rings (SSSR count). The minimum absolute atomic E-state index is 0.0690. The number of benzene rings is 1. The van der Waals surface area contributed by atoms with E-state index in [2.05, 4.69) is 51.7 Å². The van der Waals surface area contributed by atoms with Crippen molar-refractivity contribution in [2.24, 2.45) is 0 Å². The largest absolute Gasteiger partial charge is 0.368 e. The van der Waals surface area contributed by atoms with Crippen LogP contribution in [0.15, 0.2) is 55.0 Å². The number of rotatable bonds is 7. The van der Waals surface area contributed by atoms with Crippen molar-refractivity contribution in [2.45, 2.75) is 33.1 Å². The van der Waals surface area contributed by atoms with E-state index >= 15 is 0 Å². The predicted molar refractivity (Wildman–Crippen MR) is 120 cm³/mol. The molecule has 3 N–H and O–H groups in total. The van der Waals surface area contributed by atoms with Gasteiger partial charge in [-0.15, -0.1) is 0 Å². The first-order chi connectivity index (χ1) is 14.3. The number of aryl methyl sites for hydroxylation is 1. The first-order valence-corrected chi connectivity index (χ1v) is 9.95. The third-order valence-corrected chi connectivity index (χ3v) is 4.57. The van der Waals surface area contributed by atoms with Crippen LogP contribution < -0.4 is 16.0 Å². The molecule has 7 nitrogen and oxygen atoms in total. The van der Waals surface area contributed by atoms with Gasteiger partial charge in [-0.3, -0.25) is 4.79 Å². The van der Waals surface area contributed by atoms with Crippen LogP contribution in [0.4, 0.5) is 17.5 Å². The standard InChI is InChI=1S/C23H28N6O/c1-16-9-10-24-20(13-16)29-21-14-19(27-15-28-21)25-11-12-26-22(30)17-5-7-18(8-6-17)23(2,3)4/h5-10,13-15H,11-12H2,1-4H3,(H,26,30)(H2,24,25,27,28,29). The van der Waals surface area contributed by atoms with Gasteiger partial charge in [0.25, 0.3) is 5.91 Å². The van der Waals surface area contributed by atoms with E-state index in [9.17, 15) is 4.79 Å². The van der Waals surface area contributed by atoms with Crippen LogP contribution >= 0.6 is 0 Å². The summed E-state index contributed by atoms with van der Waals surface area (Å²) >= 11 is 0. The van der Waals surface area contributed by atoms with Crippen LogP contribution in [0.2, 0.25) is 0 Å². The number of nitrogens with zero attached hydrogens (tertiary/aromatic N) is 3. The lowest BCUT2D eigenvalue weighted by atomic mass is 9.87. The molecule has 156 valence electrons. The van der Waals surface area contributed by atoms with Crippen LogP contribution in [0.1, 0.15) is 42.3 Å². The fourth-order valence-corrected chi connectivity index (χ4v) is 2.85. The maximum absolute atomic E-state index is 12.3. The first kappa shape index (κ1) is 21.2. The number of anilines is 3. The van der Waals surface area contributed by atoms with Crippen molar-refractivity contribution in [3.63, 3.8) is 0 Å². The highest BCUT2D eigenvalue weighted by atomic mass is 16.1. The zero-order valence-corrected chi connectivity index (χ0v) is 17.9. The number of nitrogens with one attached hydrogen (secondary N) is 3. The highest BCUT2D eigenvalue weighted by molar-refractivity contribution is 5.94. The molecule has 0 atom stereocenters. The number of hydrogen-bond acceptors (Lipinski definition) is 6. The van der Waals surface area contributed by atoms with Gasteiger partial charge >= 0.3 is 0 Å². The Morgan fingerprint density at radius 2 is 1.60 bits per heavy atom. The van der Waals surface area contributed by atoms with Gasteiger partial charge in [0.05, 0.1) is 0 Å². The van der Waals surface area contributed by atoms with Gasteiger partial charge in [0, 0.05) is 30.9 Å². The minimum atomic E-state index is -0.0900. The van der Waals surface area contributed by atoms with Gasteiger partial charge in [0.2, 0.25) is 0 Å². The topological polar surface area (TPSA) is 91.8 Å². The maximum Gasteiger partial charge on any atom is 0.251 e. The second-order valence-corrected chi connectivity index (χ2v) is 8.14. The van der Waals surface area contributed by atoms with Crippen LogP contribution in [0, 0.1) is 6.92 Å². The summed E-state index contributed by atoms with van der Waals surface area (Å²) in [6.07, 6.45) is 3.23. The Morgan fingerprint density at radius 3 is 2.30 bits per heavy atom. The van der Waals surface area contributed by atoms with E-state index in [4.69, 9.17) is 0 Å². The van der Waals surface area contributed by atoms with Crippen LogP contribution in [0.3, 0.4) is 0 Å². The van der Waals surface area contributed by atoms with E-state index in [1.54, 1.807) is 12.3 Å². The molecular weight excluding hydrogens is 376 g/mol. The summed E-state index contributed by atoms with van der Waals surface area (Å²) in [5.41, 5.74) is 3.04. The third-order valence-electron chi connectivity index (χ3n) is 4.57. The van der Waals surface area contributed by atoms with E-state index in [0.717, 1.165) is 11.4 Å². The van der Waals surface area contributed by atoms with E-state index in [1.807, 2.05) is 43.3 Å².